The quantitative estimate of drug-likeness (QED) is 0.417. The van der Waals surface area contributed by atoms with Crippen LogP contribution in [0.4, 0.5) is 4.39 Å². The highest BCUT2D eigenvalue weighted by atomic mass is 32.1. The summed E-state index contributed by atoms with van der Waals surface area (Å²) in [4.78, 5) is 0. The standard InChI is InChI=1S/C19H19FN4S/c1-2-21-19(25)23-22-11-15-13-24(18-10-6-4-8-16(15)18)12-14-7-3-5-9-17(14)20/h3-11,13H,2,12H2,1H3,(H2,21,23,25). The molecule has 0 saturated carbocycles. The van der Waals surface area contributed by atoms with Crippen LogP contribution in [0.1, 0.15) is 18.1 Å². The smallest absolute Gasteiger partial charge is 0.186 e. The molecular formula is C19H19FN4S. The fourth-order valence-electron chi connectivity index (χ4n) is 2.68. The molecule has 0 atom stereocenters. The largest absolute Gasteiger partial charge is 0.362 e. The molecule has 0 aliphatic carbocycles. The van der Waals surface area contributed by atoms with E-state index in [2.05, 4.69) is 15.8 Å². The lowest BCUT2D eigenvalue weighted by Crippen LogP contribution is -2.31. The minimum atomic E-state index is -0.201. The van der Waals surface area contributed by atoms with E-state index in [-0.39, 0.29) is 5.82 Å². The summed E-state index contributed by atoms with van der Waals surface area (Å²) in [5.74, 6) is -0.201. The first-order valence-corrected chi connectivity index (χ1v) is 8.48. The Morgan fingerprint density at radius 2 is 1.96 bits per heavy atom. The zero-order chi connectivity index (χ0) is 17.6. The van der Waals surface area contributed by atoms with Crippen LogP contribution in [0.25, 0.3) is 10.9 Å². The van der Waals surface area contributed by atoms with Crippen molar-refractivity contribution in [3.05, 3.63) is 71.7 Å². The van der Waals surface area contributed by atoms with Crippen molar-refractivity contribution in [3.63, 3.8) is 0 Å². The van der Waals surface area contributed by atoms with Crippen LogP contribution in [0, 0.1) is 5.82 Å². The molecule has 0 radical (unpaired) electrons. The van der Waals surface area contributed by atoms with Crippen LogP contribution < -0.4 is 10.7 Å². The van der Waals surface area contributed by atoms with Crippen molar-refractivity contribution in [1.29, 1.82) is 0 Å². The van der Waals surface area contributed by atoms with E-state index in [1.165, 1.54) is 6.07 Å². The molecule has 0 fully saturated rings. The number of hydrazone groups is 1. The number of hydrogen-bond acceptors (Lipinski definition) is 2. The molecule has 2 aromatic carbocycles. The number of nitrogens with one attached hydrogen (secondary N) is 2. The first kappa shape index (κ1) is 17.1. The first-order valence-electron chi connectivity index (χ1n) is 8.07. The van der Waals surface area contributed by atoms with Gasteiger partial charge in [-0.15, -0.1) is 0 Å². The maximum atomic E-state index is 14.0. The third-order valence-corrected chi connectivity index (χ3v) is 4.06. The molecule has 0 bridgehead atoms. The Labute approximate surface area is 151 Å². The molecule has 3 aromatic rings. The molecule has 0 spiro atoms. The van der Waals surface area contributed by atoms with Gasteiger partial charge in [0, 0.05) is 34.8 Å². The zero-order valence-electron chi connectivity index (χ0n) is 13.9. The summed E-state index contributed by atoms with van der Waals surface area (Å²) >= 11 is 5.09. The van der Waals surface area contributed by atoms with Crippen LogP contribution in [-0.2, 0) is 6.54 Å². The van der Waals surface area contributed by atoms with Gasteiger partial charge < -0.3 is 9.88 Å². The summed E-state index contributed by atoms with van der Waals surface area (Å²) in [6.07, 6.45) is 3.70. The minimum Gasteiger partial charge on any atom is -0.362 e. The monoisotopic (exact) mass is 354 g/mol. The molecule has 128 valence electrons. The second-order valence-electron chi connectivity index (χ2n) is 5.55. The summed E-state index contributed by atoms with van der Waals surface area (Å²) in [5, 5.41) is 8.69. The van der Waals surface area contributed by atoms with E-state index in [9.17, 15) is 4.39 Å². The van der Waals surface area contributed by atoms with Gasteiger partial charge in [0.2, 0.25) is 0 Å². The highest BCUT2D eigenvalue weighted by Gasteiger charge is 2.09. The van der Waals surface area contributed by atoms with Crippen LogP contribution in [0.3, 0.4) is 0 Å². The molecule has 0 unspecified atom stereocenters. The van der Waals surface area contributed by atoms with Gasteiger partial charge in [-0.2, -0.15) is 5.10 Å². The van der Waals surface area contributed by atoms with Crippen LogP contribution in [-0.4, -0.2) is 22.4 Å². The number of para-hydroxylation sites is 1. The van der Waals surface area contributed by atoms with E-state index in [0.717, 1.165) is 23.0 Å². The Balaban J connectivity index is 1.89. The molecule has 0 aliphatic heterocycles. The second kappa shape index (κ2) is 7.90. The summed E-state index contributed by atoms with van der Waals surface area (Å²) in [6, 6.07) is 14.8. The molecule has 0 saturated heterocycles. The van der Waals surface area contributed by atoms with Gasteiger partial charge in [-0.05, 0) is 31.3 Å². The lowest BCUT2D eigenvalue weighted by molar-refractivity contribution is 0.602. The Hall–Kier alpha value is -2.73. The van der Waals surface area contributed by atoms with E-state index in [0.29, 0.717) is 17.2 Å². The maximum Gasteiger partial charge on any atom is 0.186 e. The Kier molecular flexibility index (Phi) is 5.40. The summed E-state index contributed by atoms with van der Waals surface area (Å²) in [5.41, 5.74) is 5.41. The Morgan fingerprint density at radius 1 is 1.20 bits per heavy atom. The lowest BCUT2D eigenvalue weighted by Gasteiger charge is -2.06. The van der Waals surface area contributed by atoms with Gasteiger partial charge in [0.1, 0.15) is 5.82 Å². The molecule has 4 nitrogen and oxygen atoms in total. The maximum absolute atomic E-state index is 14.0. The van der Waals surface area contributed by atoms with E-state index in [1.807, 2.05) is 48.0 Å². The summed E-state index contributed by atoms with van der Waals surface area (Å²) in [6.45, 7) is 3.17. The topological polar surface area (TPSA) is 41.4 Å². The second-order valence-corrected chi connectivity index (χ2v) is 5.96. The van der Waals surface area contributed by atoms with Gasteiger partial charge in [-0.1, -0.05) is 36.4 Å². The first-order chi connectivity index (χ1) is 12.2. The summed E-state index contributed by atoms with van der Waals surface area (Å²) < 4.78 is 16.0. The van der Waals surface area contributed by atoms with Crippen molar-refractivity contribution in [3.8, 4) is 0 Å². The van der Waals surface area contributed by atoms with Crippen molar-refractivity contribution in [1.82, 2.24) is 15.3 Å². The van der Waals surface area contributed by atoms with Crippen molar-refractivity contribution in [2.45, 2.75) is 13.5 Å². The molecule has 3 rings (SSSR count). The van der Waals surface area contributed by atoms with Crippen LogP contribution in [0.5, 0.6) is 0 Å². The van der Waals surface area contributed by atoms with Gasteiger partial charge in [0.05, 0.1) is 12.8 Å². The third kappa shape index (κ3) is 4.03. The number of thiocarbonyl (C=S) groups is 1. The minimum absolute atomic E-state index is 0.201. The van der Waals surface area contributed by atoms with Gasteiger partial charge in [-0.25, -0.2) is 4.39 Å². The number of benzene rings is 2. The number of hydrogen-bond donors (Lipinski definition) is 2. The van der Waals surface area contributed by atoms with Crippen LogP contribution >= 0.6 is 12.2 Å². The number of aromatic nitrogens is 1. The normalized spacial score (nSPS) is 11.1. The highest BCUT2D eigenvalue weighted by molar-refractivity contribution is 7.80. The number of nitrogens with zero attached hydrogens (tertiary/aromatic N) is 2. The molecule has 1 heterocycles. The predicted molar refractivity (Wildman–Crippen MR) is 104 cm³/mol. The van der Waals surface area contributed by atoms with Crippen molar-refractivity contribution >= 4 is 34.4 Å². The summed E-state index contributed by atoms with van der Waals surface area (Å²) in [7, 11) is 0. The molecule has 0 aliphatic rings. The van der Waals surface area contributed by atoms with Crippen LogP contribution in [0.15, 0.2) is 59.8 Å². The van der Waals surface area contributed by atoms with Gasteiger partial charge in [0.15, 0.2) is 5.11 Å². The van der Waals surface area contributed by atoms with Crippen molar-refractivity contribution in [2.24, 2.45) is 5.10 Å². The SMILES string of the molecule is CCNC(=S)NN=Cc1cn(Cc2ccccc2F)c2ccccc12. The van der Waals surface area contributed by atoms with E-state index >= 15 is 0 Å². The lowest BCUT2D eigenvalue weighted by atomic mass is 10.2. The predicted octanol–water partition coefficient (Wildman–Crippen LogP) is 3.65. The zero-order valence-corrected chi connectivity index (χ0v) is 14.7. The van der Waals surface area contributed by atoms with E-state index < -0.39 is 0 Å². The molecule has 6 heteroatoms. The van der Waals surface area contributed by atoms with Crippen LogP contribution in [0.2, 0.25) is 0 Å². The van der Waals surface area contributed by atoms with Gasteiger partial charge in [0.25, 0.3) is 0 Å². The van der Waals surface area contributed by atoms with E-state index in [1.54, 1.807) is 18.3 Å². The number of fused-ring (bicyclic) bond motifs is 1. The average molecular weight is 354 g/mol. The van der Waals surface area contributed by atoms with E-state index in [4.69, 9.17) is 12.2 Å². The Morgan fingerprint density at radius 3 is 2.76 bits per heavy atom. The van der Waals surface area contributed by atoms with Gasteiger partial charge >= 0.3 is 0 Å². The third-order valence-electron chi connectivity index (χ3n) is 3.82. The van der Waals surface area contributed by atoms with Gasteiger partial charge in [-0.3, -0.25) is 5.43 Å². The fraction of sp³-hybridized carbons (Fsp3) is 0.158. The van der Waals surface area contributed by atoms with Crippen molar-refractivity contribution in [2.75, 3.05) is 6.54 Å². The highest BCUT2D eigenvalue weighted by Crippen LogP contribution is 2.21. The molecule has 2 N–H and O–H groups in total. The average Bonchev–Trinajstić information content (AvgIpc) is 2.95. The number of halogens is 1. The van der Waals surface area contributed by atoms with Crippen molar-refractivity contribution < 1.29 is 4.39 Å². The fourth-order valence-corrected chi connectivity index (χ4v) is 2.88. The molecular weight excluding hydrogens is 335 g/mol. The number of rotatable bonds is 5. The molecule has 1 aromatic heterocycles. The molecule has 0 amide bonds. The molecule has 25 heavy (non-hydrogen) atoms. The Bertz CT molecular complexity index is 917.